The van der Waals surface area contributed by atoms with Crippen molar-refractivity contribution in [2.45, 2.75) is 37.9 Å². The maximum Gasteiger partial charge on any atom is 0.164 e. The Labute approximate surface area is 84.2 Å². The summed E-state index contributed by atoms with van der Waals surface area (Å²) in [6, 6.07) is -0.361. The highest BCUT2D eigenvalue weighted by molar-refractivity contribution is 5.03. The molecule has 0 saturated carbocycles. The molecule has 1 aliphatic heterocycles. The lowest BCUT2D eigenvalue weighted by Crippen LogP contribution is -2.41. The fourth-order valence-electron chi connectivity index (χ4n) is 1.54. The van der Waals surface area contributed by atoms with Gasteiger partial charge in [-0.2, -0.15) is 5.48 Å². The van der Waals surface area contributed by atoms with E-state index in [1.807, 2.05) is 13.8 Å². The fraction of sp³-hybridized carbons (Fsp3) is 0.600. The highest BCUT2D eigenvalue weighted by Crippen LogP contribution is 2.30. The standard InChI is InChI=1S/C10H17NO3/c1-5-7(11-12)9-8(6-2)13-10(3,4)14-9/h5-9,11-12H,1-2H2,3-4H3. The molecule has 80 valence electrons. The Kier molecular flexibility index (Phi) is 3.44. The van der Waals surface area contributed by atoms with Crippen molar-refractivity contribution in [3.8, 4) is 0 Å². The molecule has 1 fully saturated rings. The summed E-state index contributed by atoms with van der Waals surface area (Å²) in [5, 5.41) is 8.88. The van der Waals surface area contributed by atoms with Gasteiger partial charge >= 0.3 is 0 Å². The number of ether oxygens (including phenoxy) is 2. The summed E-state index contributed by atoms with van der Waals surface area (Å²) >= 11 is 0. The van der Waals surface area contributed by atoms with Gasteiger partial charge < -0.3 is 14.7 Å². The first-order valence-electron chi connectivity index (χ1n) is 4.54. The van der Waals surface area contributed by atoms with Gasteiger partial charge in [-0.25, -0.2) is 0 Å². The average molecular weight is 199 g/mol. The third-order valence-corrected chi connectivity index (χ3v) is 2.15. The largest absolute Gasteiger partial charge is 0.342 e. The van der Waals surface area contributed by atoms with Gasteiger partial charge in [0.15, 0.2) is 5.79 Å². The zero-order valence-electron chi connectivity index (χ0n) is 8.56. The molecule has 1 rings (SSSR count). The minimum Gasteiger partial charge on any atom is -0.342 e. The Hall–Kier alpha value is -0.680. The zero-order chi connectivity index (χ0) is 10.8. The molecule has 3 unspecified atom stereocenters. The van der Waals surface area contributed by atoms with Crippen LogP contribution in [0.15, 0.2) is 25.3 Å². The summed E-state index contributed by atoms with van der Waals surface area (Å²) in [7, 11) is 0. The molecule has 0 spiro atoms. The van der Waals surface area contributed by atoms with Crippen molar-refractivity contribution in [1.29, 1.82) is 0 Å². The van der Waals surface area contributed by atoms with Crippen LogP contribution in [0.1, 0.15) is 13.8 Å². The van der Waals surface area contributed by atoms with Crippen molar-refractivity contribution in [2.75, 3.05) is 0 Å². The number of rotatable bonds is 4. The third kappa shape index (κ3) is 2.22. The highest BCUT2D eigenvalue weighted by atomic mass is 16.8. The van der Waals surface area contributed by atoms with Gasteiger partial charge in [0.2, 0.25) is 0 Å². The minimum absolute atomic E-state index is 0.243. The van der Waals surface area contributed by atoms with Gasteiger partial charge in [-0.1, -0.05) is 12.2 Å². The van der Waals surface area contributed by atoms with E-state index in [9.17, 15) is 0 Å². The SMILES string of the molecule is C=CC(NO)C1OC(C)(C)OC1C=C. The predicted molar refractivity (Wildman–Crippen MR) is 52.9 cm³/mol. The number of hydrogen-bond acceptors (Lipinski definition) is 4. The summed E-state index contributed by atoms with van der Waals surface area (Å²) in [5.74, 6) is -0.651. The Bertz CT molecular complexity index is 227. The molecule has 1 saturated heterocycles. The van der Waals surface area contributed by atoms with Crippen LogP contribution in [0, 0.1) is 0 Å². The van der Waals surface area contributed by atoms with E-state index in [4.69, 9.17) is 14.7 Å². The second kappa shape index (κ2) is 4.23. The third-order valence-electron chi connectivity index (χ3n) is 2.15. The summed E-state index contributed by atoms with van der Waals surface area (Å²) in [4.78, 5) is 0. The van der Waals surface area contributed by atoms with Crippen molar-refractivity contribution in [3.05, 3.63) is 25.3 Å². The van der Waals surface area contributed by atoms with E-state index in [0.717, 1.165) is 0 Å². The van der Waals surface area contributed by atoms with Gasteiger partial charge in [-0.3, -0.25) is 0 Å². The van der Waals surface area contributed by atoms with Crippen LogP contribution in [0.4, 0.5) is 0 Å². The van der Waals surface area contributed by atoms with Gasteiger partial charge in [-0.15, -0.1) is 13.2 Å². The monoisotopic (exact) mass is 199 g/mol. The average Bonchev–Trinajstić information content (AvgIpc) is 2.44. The lowest BCUT2D eigenvalue weighted by Gasteiger charge is -2.21. The Morgan fingerprint density at radius 2 is 2.07 bits per heavy atom. The van der Waals surface area contributed by atoms with Crippen LogP contribution < -0.4 is 5.48 Å². The lowest BCUT2D eigenvalue weighted by atomic mass is 10.1. The van der Waals surface area contributed by atoms with Crippen LogP contribution >= 0.6 is 0 Å². The molecule has 0 bridgehead atoms. The first-order chi connectivity index (χ1) is 6.54. The second-order valence-electron chi connectivity index (χ2n) is 3.69. The fourth-order valence-corrected chi connectivity index (χ4v) is 1.54. The van der Waals surface area contributed by atoms with Crippen LogP contribution in [-0.2, 0) is 9.47 Å². The quantitative estimate of drug-likeness (QED) is 0.528. The molecule has 2 N–H and O–H groups in total. The molecule has 0 aliphatic carbocycles. The summed E-state index contributed by atoms with van der Waals surface area (Å²) in [6.07, 6.45) is 2.69. The highest BCUT2D eigenvalue weighted by Gasteiger charge is 2.42. The van der Waals surface area contributed by atoms with Gasteiger partial charge in [0.1, 0.15) is 12.2 Å². The Morgan fingerprint density at radius 3 is 2.50 bits per heavy atom. The van der Waals surface area contributed by atoms with E-state index in [2.05, 4.69) is 18.6 Å². The molecule has 1 aliphatic rings. The molecule has 3 atom stereocenters. The number of nitrogens with one attached hydrogen (secondary N) is 1. The van der Waals surface area contributed by atoms with E-state index in [1.54, 1.807) is 12.2 Å². The van der Waals surface area contributed by atoms with Gasteiger partial charge in [0.05, 0.1) is 6.04 Å². The predicted octanol–water partition coefficient (Wildman–Crippen LogP) is 1.23. The normalized spacial score (nSPS) is 32.5. The topological polar surface area (TPSA) is 50.7 Å². The van der Waals surface area contributed by atoms with E-state index < -0.39 is 5.79 Å². The maximum absolute atomic E-state index is 8.88. The summed E-state index contributed by atoms with van der Waals surface area (Å²) in [5.41, 5.74) is 2.12. The van der Waals surface area contributed by atoms with E-state index in [-0.39, 0.29) is 18.2 Å². The number of hydrogen-bond donors (Lipinski definition) is 2. The van der Waals surface area contributed by atoms with Crippen molar-refractivity contribution in [2.24, 2.45) is 0 Å². The molecule has 1 heterocycles. The lowest BCUT2D eigenvalue weighted by molar-refractivity contribution is -0.146. The zero-order valence-corrected chi connectivity index (χ0v) is 8.56. The van der Waals surface area contributed by atoms with Crippen molar-refractivity contribution < 1.29 is 14.7 Å². The van der Waals surface area contributed by atoms with Crippen molar-refractivity contribution in [1.82, 2.24) is 5.48 Å². The van der Waals surface area contributed by atoms with Crippen LogP contribution in [0.5, 0.6) is 0 Å². The molecule has 14 heavy (non-hydrogen) atoms. The smallest absolute Gasteiger partial charge is 0.164 e. The van der Waals surface area contributed by atoms with Gasteiger partial charge in [0.25, 0.3) is 0 Å². The van der Waals surface area contributed by atoms with E-state index in [1.165, 1.54) is 0 Å². The summed E-state index contributed by atoms with van der Waals surface area (Å²) in [6.45, 7) is 10.9. The molecular formula is C10H17NO3. The minimum atomic E-state index is -0.651. The van der Waals surface area contributed by atoms with Crippen LogP contribution in [-0.4, -0.2) is 29.2 Å². The maximum atomic E-state index is 8.88. The molecule has 0 radical (unpaired) electrons. The molecular weight excluding hydrogens is 182 g/mol. The molecule has 0 aromatic carbocycles. The van der Waals surface area contributed by atoms with Crippen molar-refractivity contribution in [3.63, 3.8) is 0 Å². The molecule has 0 aromatic rings. The van der Waals surface area contributed by atoms with Crippen LogP contribution in [0.2, 0.25) is 0 Å². The van der Waals surface area contributed by atoms with Crippen molar-refractivity contribution >= 4 is 0 Å². The van der Waals surface area contributed by atoms with Gasteiger partial charge in [-0.05, 0) is 13.8 Å². The Balaban J connectivity index is 2.76. The van der Waals surface area contributed by atoms with E-state index in [0.29, 0.717) is 0 Å². The molecule has 0 aromatic heterocycles. The molecule has 4 nitrogen and oxygen atoms in total. The number of hydroxylamine groups is 1. The first-order valence-corrected chi connectivity index (χ1v) is 4.54. The molecule has 4 heteroatoms. The van der Waals surface area contributed by atoms with Crippen LogP contribution in [0.3, 0.4) is 0 Å². The first kappa shape index (κ1) is 11.4. The Morgan fingerprint density at radius 1 is 1.43 bits per heavy atom. The van der Waals surface area contributed by atoms with Gasteiger partial charge in [0, 0.05) is 0 Å². The second-order valence-corrected chi connectivity index (χ2v) is 3.69. The summed E-state index contributed by atoms with van der Waals surface area (Å²) < 4.78 is 11.2. The van der Waals surface area contributed by atoms with Crippen LogP contribution in [0.25, 0.3) is 0 Å². The molecule has 0 amide bonds. The van der Waals surface area contributed by atoms with E-state index >= 15 is 0 Å².